The van der Waals surface area contributed by atoms with Gasteiger partial charge in [-0.15, -0.1) is 0 Å². The molecule has 0 aromatic carbocycles. The molecule has 1 saturated heterocycles. The summed E-state index contributed by atoms with van der Waals surface area (Å²) in [6.45, 7) is 8.50. The third-order valence-electron chi connectivity index (χ3n) is 3.97. The Labute approximate surface area is 123 Å². The Hall–Kier alpha value is -1.13. The molecule has 0 radical (unpaired) electrons. The minimum Gasteiger partial charge on any atom is -0.355 e. The van der Waals surface area contributed by atoms with E-state index in [-0.39, 0.29) is 0 Å². The van der Waals surface area contributed by atoms with Gasteiger partial charge in [-0.3, -0.25) is 0 Å². The number of rotatable bonds is 6. The number of pyridine rings is 1. The van der Waals surface area contributed by atoms with Crippen LogP contribution in [0.15, 0.2) is 12.1 Å². The number of hydrogen-bond acceptors (Lipinski definition) is 4. The van der Waals surface area contributed by atoms with Gasteiger partial charge in [-0.1, -0.05) is 6.92 Å². The fourth-order valence-corrected chi connectivity index (χ4v) is 2.77. The SMILES string of the molecule is CCCNCc1cc(C)nc(N2CCC(N(C)C)C2)c1. The van der Waals surface area contributed by atoms with Crippen LogP contribution in [0.5, 0.6) is 0 Å². The van der Waals surface area contributed by atoms with Crippen LogP contribution in [0, 0.1) is 6.92 Å². The van der Waals surface area contributed by atoms with Gasteiger partial charge in [0.15, 0.2) is 0 Å². The predicted molar refractivity (Wildman–Crippen MR) is 85.3 cm³/mol. The second kappa shape index (κ2) is 7.04. The zero-order valence-corrected chi connectivity index (χ0v) is 13.3. The van der Waals surface area contributed by atoms with E-state index in [1.54, 1.807) is 0 Å². The maximum Gasteiger partial charge on any atom is 0.129 e. The molecule has 2 heterocycles. The van der Waals surface area contributed by atoms with Crippen LogP contribution in [0.1, 0.15) is 31.0 Å². The molecule has 1 unspecified atom stereocenters. The number of nitrogens with zero attached hydrogens (tertiary/aromatic N) is 3. The second-order valence-corrected chi connectivity index (χ2v) is 6.00. The summed E-state index contributed by atoms with van der Waals surface area (Å²) in [5, 5.41) is 3.47. The monoisotopic (exact) mass is 276 g/mol. The van der Waals surface area contributed by atoms with Gasteiger partial charge < -0.3 is 15.1 Å². The van der Waals surface area contributed by atoms with Crippen molar-refractivity contribution in [2.24, 2.45) is 0 Å². The summed E-state index contributed by atoms with van der Waals surface area (Å²) in [6.07, 6.45) is 2.40. The molecule has 0 bridgehead atoms. The van der Waals surface area contributed by atoms with Crippen molar-refractivity contribution in [1.29, 1.82) is 0 Å². The van der Waals surface area contributed by atoms with E-state index in [4.69, 9.17) is 4.98 Å². The van der Waals surface area contributed by atoms with Gasteiger partial charge in [0.05, 0.1) is 0 Å². The summed E-state index contributed by atoms with van der Waals surface area (Å²) >= 11 is 0. The van der Waals surface area contributed by atoms with Crippen molar-refractivity contribution in [3.8, 4) is 0 Å². The van der Waals surface area contributed by atoms with Crippen LogP contribution in [0.3, 0.4) is 0 Å². The highest BCUT2D eigenvalue weighted by Gasteiger charge is 2.25. The predicted octanol–water partition coefficient (Wildman–Crippen LogP) is 2.03. The summed E-state index contributed by atoms with van der Waals surface area (Å²) in [7, 11) is 4.33. The van der Waals surface area contributed by atoms with Crippen LogP contribution in [-0.4, -0.2) is 49.7 Å². The third kappa shape index (κ3) is 3.93. The van der Waals surface area contributed by atoms with Gasteiger partial charge in [0.1, 0.15) is 5.82 Å². The molecule has 1 N–H and O–H groups in total. The van der Waals surface area contributed by atoms with Crippen LogP contribution in [0.2, 0.25) is 0 Å². The average Bonchev–Trinajstić information content (AvgIpc) is 2.88. The van der Waals surface area contributed by atoms with Gasteiger partial charge in [-0.2, -0.15) is 0 Å². The Morgan fingerprint density at radius 2 is 2.20 bits per heavy atom. The summed E-state index contributed by atoms with van der Waals surface area (Å²) < 4.78 is 0. The second-order valence-electron chi connectivity index (χ2n) is 6.00. The zero-order chi connectivity index (χ0) is 14.5. The lowest BCUT2D eigenvalue weighted by Crippen LogP contribution is -2.31. The van der Waals surface area contributed by atoms with E-state index in [0.717, 1.165) is 37.7 Å². The average molecular weight is 276 g/mol. The number of aromatic nitrogens is 1. The molecule has 0 spiro atoms. The van der Waals surface area contributed by atoms with Crippen molar-refractivity contribution in [2.75, 3.05) is 38.6 Å². The Kier molecular flexibility index (Phi) is 5.38. The summed E-state index contributed by atoms with van der Waals surface area (Å²) in [4.78, 5) is 9.45. The van der Waals surface area contributed by atoms with E-state index in [9.17, 15) is 0 Å². The van der Waals surface area contributed by atoms with Crippen molar-refractivity contribution in [1.82, 2.24) is 15.2 Å². The lowest BCUT2D eigenvalue weighted by atomic mass is 10.2. The zero-order valence-electron chi connectivity index (χ0n) is 13.3. The first-order valence-electron chi connectivity index (χ1n) is 7.69. The molecule has 112 valence electrons. The molecule has 1 atom stereocenters. The summed E-state index contributed by atoms with van der Waals surface area (Å²) in [5.74, 6) is 1.14. The van der Waals surface area contributed by atoms with Crippen molar-refractivity contribution in [3.05, 3.63) is 23.4 Å². The van der Waals surface area contributed by atoms with Gasteiger partial charge in [-0.25, -0.2) is 4.98 Å². The Bertz CT molecular complexity index is 430. The van der Waals surface area contributed by atoms with E-state index >= 15 is 0 Å². The fourth-order valence-electron chi connectivity index (χ4n) is 2.77. The fraction of sp³-hybridized carbons (Fsp3) is 0.688. The van der Waals surface area contributed by atoms with Crippen LogP contribution in [0.4, 0.5) is 5.82 Å². The molecule has 1 aliphatic heterocycles. The van der Waals surface area contributed by atoms with E-state index < -0.39 is 0 Å². The molecule has 1 aromatic rings. The quantitative estimate of drug-likeness (QED) is 0.806. The van der Waals surface area contributed by atoms with E-state index in [1.807, 2.05) is 0 Å². The molecule has 20 heavy (non-hydrogen) atoms. The van der Waals surface area contributed by atoms with E-state index in [0.29, 0.717) is 6.04 Å². The number of hydrogen-bond donors (Lipinski definition) is 1. The molecule has 0 amide bonds. The molecule has 1 aliphatic rings. The highest BCUT2D eigenvalue weighted by atomic mass is 15.3. The molecule has 0 saturated carbocycles. The van der Waals surface area contributed by atoms with Gasteiger partial charge in [0.25, 0.3) is 0 Å². The van der Waals surface area contributed by atoms with Crippen molar-refractivity contribution >= 4 is 5.82 Å². The first-order chi connectivity index (χ1) is 9.60. The van der Waals surface area contributed by atoms with Crippen LogP contribution in [-0.2, 0) is 6.54 Å². The number of aryl methyl sites for hydroxylation is 1. The van der Waals surface area contributed by atoms with Gasteiger partial charge in [0, 0.05) is 31.4 Å². The number of anilines is 1. The van der Waals surface area contributed by atoms with Crippen molar-refractivity contribution in [3.63, 3.8) is 0 Å². The maximum atomic E-state index is 4.72. The largest absolute Gasteiger partial charge is 0.355 e. The summed E-state index contributed by atoms with van der Waals surface area (Å²) in [5.41, 5.74) is 2.46. The molecule has 4 heteroatoms. The van der Waals surface area contributed by atoms with E-state index in [2.05, 4.69) is 55.2 Å². The first kappa shape index (κ1) is 15.3. The smallest absolute Gasteiger partial charge is 0.129 e. The molecule has 1 fully saturated rings. The number of likely N-dealkylation sites (N-methyl/N-ethyl adjacent to an activating group) is 1. The topological polar surface area (TPSA) is 31.4 Å². The van der Waals surface area contributed by atoms with Crippen molar-refractivity contribution in [2.45, 2.75) is 39.3 Å². The van der Waals surface area contributed by atoms with Gasteiger partial charge in [0.2, 0.25) is 0 Å². The van der Waals surface area contributed by atoms with Crippen molar-refractivity contribution < 1.29 is 0 Å². The molecular weight excluding hydrogens is 248 g/mol. The Balaban J connectivity index is 2.04. The van der Waals surface area contributed by atoms with Gasteiger partial charge in [-0.05, 0) is 58.1 Å². The van der Waals surface area contributed by atoms with Gasteiger partial charge >= 0.3 is 0 Å². The molecule has 0 aliphatic carbocycles. The molecule has 2 rings (SSSR count). The third-order valence-corrected chi connectivity index (χ3v) is 3.97. The minimum atomic E-state index is 0.652. The highest BCUT2D eigenvalue weighted by molar-refractivity contribution is 5.44. The number of nitrogens with one attached hydrogen (secondary N) is 1. The Morgan fingerprint density at radius 1 is 1.40 bits per heavy atom. The molecule has 4 nitrogen and oxygen atoms in total. The van der Waals surface area contributed by atoms with E-state index in [1.165, 1.54) is 18.4 Å². The minimum absolute atomic E-state index is 0.652. The highest BCUT2D eigenvalue weighted by Crippen LogP contribution is 2.22. The maximum absolute atomic E-state index is 4.72. The standard InChI is InChI=1S/C16H28N4/c1-5-7-17-11-14-9-13(2)18-16(10-14)20-8-6-15(12-20)19(3)4/h9-10,15,17H,5-8,11-12H2,1-4H3. The lowest BCUT2D eigenvalue weighted by molar-refractivity contribution is 0.315. The lowest BCUT2D eigenvalue weighted by Gasteiger charge is -2.22. The molecular formula is C16H28N4. The summed E-state index contributed by atoms with van der Waals surface area (Å²) in [6, 6.07) is 5.08. The Morgan fingerprint density at radius 3 is 2.85 bits per heavy atom. The first-order valence-corrected chi connectivity index (χ1v) is 7.69. The van der Waals surface area contributed by atoms with Crippen LogP contribution in [0.25, 0.3) is 0 Å². The van der Waals surface area contributed by atoms with Crippen LogP contribution < -0.4 is 10.2 Å². The molecule has 1 aromatic heterocycles. The van der Waals surface area contributed by atoms with Crippen LogP contribution >= 0.6 is 0 Å². The normalized spacial score (nSPS) is 19.1.